The Morgan fingerprint density at radius 1 is 0.962 bits per heavy atom. The first-order valence-electron chi connectivity index (χ1n) is 9.50. The van der Waals surface area contributed by atoms with Gasteiger partial charge in [-0.05, 0) is 73.1 Å². The van der Waals surface area contributed by atoms with E-state index in [4.69, 9.17) is 0 Å². The number of aryl methyl sites for hydroxylation is 2. The van der Waals surface area contributed by atoms with Gasteiger partial charge < -0.3 is 10.2 Å². The number of hydrogen-bond acceptors (Lipinski definition) is 2. The average Bonchev–Trinajstić information content (AvgIpc) is 3.12. The van der Waals surface area contributed by atoms with Crippen LogP contribution in [0.4, 0.5) is 5.69 Å². The molecule has 2 aromatic rings. The van der Waals surface area contributed by atoms with Crippen molar-refractivity contribution in [1.29, 1.82) is 0 Å². The highest BCUT2D eigenvalue weighted by Gasteiger charge is 2.21. The van der Waals surface area contributed by atoms with Crippen LogP contribution in [-0.2, 0) is 24.2 Å². The van der Waals surface area contributed by atoms with Crippen LogP contribution in [0.25, 0.3) is 0 Å². The summed E-state index contributed by atoms with van der Waals surface area (Å²) in [5.41, 5.74) is 5.37. The standard InChI is InChI=1S/C22H24N2O2/c25-21-9-4-12-24(21)20-8-3-5-16(13-20)15-23-22(26)19-11-10-17-6-1-2-7-18(17)14-19/h3,5,8,10-11,13-14H,1-2,4,6-7,9,12,15H2,(H,23,26). The Kier molecular flexibility index (Phi) is 4.74. The van der Waals surface area contributed by atoms with E-state index in [-0.39, 0.29) is 11.8 Å². The molecule has 1 aliphatic heterocycles. The maximum atomic E-state index is 12.5. The molecule has 4 nitrogen and oxygen atoms in total. The molecule has 0 bridgehead atoms. The second-order valence-corrected chi connectivity index (χ2v) is 7.19. The lowest BCUT2D eigenvalue weighted by Gasteiger charge is -2.17. The zero-order chi connectivity index (χ0) is 17.9. The van der Waals surface area contributed by atoms with Gasteiger partial charge in [0.2, 0.25) is 5.91 Å². The van der Waals surface area contributed by atoms with Gasteiger partial charge in [0.05, 0.1) is 0 Å². The smallest absolute Gasteiger partial charge is 0.251 e. The summed E-state index contributed by atoms with van der Waals surface area (Å²) in [6.07, 6.45) is 6.19. The Bertz CT molecular complexity index is 844. The molecule has 0 radical (unpaired) electrons. The normalized spacial score (nSPS) is 16.5. The van der Waals surface area contributed by atoms with Gasteiger partial charge in [0, 0.05) is 30.8 Å². The monoisotopic (exact) mass is 348 g/mol. The molecule has 4 rings (SSSR count). The molecule has 0 saturated carbocycles. The van der Waals surface area contributed by atoms with E-state index in [2.05, 4.69) is 11.4 Å². The lowest BCUT2D eigenvalue weighted by atomic mass is 9.90. The van der Waals surface area contributed by atoms with Crippen molar-refractivity contribution in [3.63, 3.8) is 0 Å². The van der Waals surface area contributed by atoms with Crippen molar-refractivity contribution in [3.8, 4) is 0 Å². The zero-order valence-electron chi connectivity index (χ0n) is 15.0. The predicted octanol–water partition coefficient (Wildman–Crippen LogP) is 3.62. The van der Waals surface area contributed by atoms with Crippen molar-refractivity contribution in [2.24, 2.45) is 0 Å². The maximum Gasteiger partial charge on any atom is 0.251 e. The highest BCUT2D eigenvalue weighted by Crippen LogP contribution is 2.23. The molecule has 1 N–H and O–H groups in total. The van der Waals surface area contributed by atoms with Gasteiger partial charge in [0.25, 0.3) is 5.91 Å². The highest BCUT2D eigenvalue weighted by atomic mass is 16.2. The molecule has 26 heavy (non-hydrogen) atoms. The van der Waals surface area contributed by atoms with E-state index in [0.29, 0.717) is 13.0 Å². The molecule has 1 aliphatic carbocycles. The lowest BCUT2D eigenvalue weighted by Crippen LogP contribution is -2.25. The minimum Gasteiger partial charge on any atom is -0.348 e. The first-order chi connectivity index (χ1) is 12.7. The van der Waals surface area contributed by atoms with E-state index < -0.39 is 0 Å². The van der Waals surface area contributed by atoms with Crippen molar-refractivity contribution in [2.45, 2.75) is 45.1 Å². The van der Waals surface area contributed by atoms with Gasteiger partial charge in [-0.3, -0.25) is 9.59 Å². The number of benzene rings is 2. The quantitative estimate of drug-likeness (QED) is 0.917. The van der Waals surface area contributed by atoms with Crippen LogP contribution in [0, 0.1) is 0 Å². The van der Waals surface area contributed by atoms with Gasteiger partial charge in [-0.1, -0.05) is 18.2 Å². The minimum atomic E-state index is -0.0407. The summed E-state index contributed by atoms with van der Waals surface area (Å²) in [6.45, 7) is 1.25. The number of carbonyl (C=O) groups excluding carboxylic acids is 2. The third kappa shape index (κ3) is 3.50. The van der Waals surface area contributed by atoms with Crippen molar-refractivity contribution in [1.82, 2.24) is 5.32 Å². The van der Waals surface area contributed by atoms with Crippen LogP contribution in [0.1, 0.15) is 52.7 Å². The van der Waals surface area contributed by atoms with Gasteiger partial charge in [-0.2, -0.15) is 0 Å². The molecule has 0 unspecified atom stereocenters. The van der Waals surface area contributed by atoms with Gasteiger partial charge >= 0.3 is 0 Å². The molecule has 0 aromatic heterocycles. The Morgan fingerprint density at radius 3 is 2.62 bits per heavy atom. The number of nitrogens with zero attached hydrogens (tertiary/aromatic N) is 1. The molecule has 4 heteroatoms. The van der Waals surface area contributed by atoms with E-state index in [9.17, 15) is 9.59 Å². The van der Waals surface area contributed by atoms with Gasteiger partial charge in [-0.25, -0.2) is 0 Å². The fourth-order valence-corrected chi connectivity index (χ4v) is 3.91. The summed E-state index contributed by atoms with van der Waals surface area (Å²) in [5.74, 6) is 0.140. The zero-order valence-corrected chi connectivity index (χ0v) is 15.0. The molecule has 2 amide bonds. The van der Waals surface area contributed by atoms with Gasteiger partial charge in [0.15, 0.2) is 0 Å². The summed E-state index contributed by atoms with van der Waals surface area (Å²) in [6, 6.07) is 14.0. The maximum absolute atomic E-state index is 12.5. The molecule has 2 aromatic carbocycles. The molecular formula is C22H24N2O2. The van der Waals surface area contributed by atoms with Crippen molar-refractivity contribution in [3.05, 3.63) is 64.7 Å². The van der Waals surface area contributed by atoms with Crippen LogP contribution in [0.15, 0.2) is 42.5 Å². The Labute approximate surface area is 154 Å². The second-order valence-electron chi connectivity index (χ2n) is 7.19. The Balaban J connectivity index is 1.42. The third-order valence-corrected chi connectivity index (χ3v) is 5.36. The van der Waals surface area contributed by atoms with Crippen LogP contribution in [-0.4, -0.2) is 18.4 Å². The molecule has 0 atom stereocenters. The number of carbonyl (C=O) groups is 2. The summed E-state index contributed by atoms with van der Waals surface area (Å²) >= 11 is 0. The van der Waals surface area contributed by atoms with Crippen LogP contribution >= 0.6 is 0 Å². The van der Waals surface area contributed by atoms with Gasteiger partial charge in [-0.15, -0.1) is 0 Å². The molecule has 1 saturated heterocycles. The second kappa shape index (κ2) is 7.32. The fraction of sp³-hybridized carbons (Fsp3) is 0.364. The number of nitrogens with one attached hydrogen (secondary N) is 1. The largest absolute Gasteiger partial charge is 0.348 e. The van der Waals surface area contributed by atoms with E-state index in [1.54, 1.807) is 0 Å². The molecular weight excluding hydrogens is 324 g/mol. The number of hydrogen-bond donors (Lipinski definition) is 1. The summed E-state index contributed by atoms with van der Waals surface area (Å²) < 4.78 is 0. The SMILES string of the molecule is O=C(NCc1cccc(N2CCCC2=O)c1)c1ccc2c(c1)CCCC2. The minimum absolute atomic E-state index is 0.0407. The van der Waals surface area contributed by atoms with E-state index >= 15 is 0 Å². The van der Waals surface area contributed by atoms with E-state index in [1.165, 1.54) is 24.0 Å². The summed E-state index contributed by atoms with van der Waals surface area (Å²) in [7, 11) is 0. The molecule has 1 fully saturated rings. The number of anilines is 1. The van der Waals surface area contributed by atoms with Crippen LogP contribution in [0.5, 0.6) is 0 Å². The average molecular weight is 348 g/mol. The number of amides is 2. The molecule has 1 heterocycles. The van der Waals surface area contributed by atoms with Crippen LogP contribution < -0.4 is 10.2 Å². The summed E-state index contributed by atoms with van der Waals surface area (Å²) in [4.78, 5) is 26.3. The first-order valence-corrected chi connectivity index (χ1v) is 9.50. The Hall–Kier alpha value is -2.62. The summed E-state index contributed by atoms with van der Waals surface area (Å²) in [5, 5.41) is 3.01. The Morgan fingerprint density at radius 2 is 1.81 bits per heavy atom. The fourth-order valence-electron chi connectivity index (χ4n) is 3.91. The van der Waals surface area contributed by atoms with Crippen LogP contribution in [0.3, 0.4) is 0 Å². The predicted molar refractivity (Wildman–Crippen MR) is 102 cm³/mol. The molecule has 134 valence electrons. The number of rotatable bonds is 4. The molecule has 2 aliphatic rings. The van der Waals surface area contributed by atoms with E-state index in [1.807, 2.05) is 41.3 Å². The number of fused-ring (bicyclic) bond motifs is 1. The topological polar surface area (TPSA) is 49.4 Å². The van der Waals surface area contributed by atoms with Gasteiger partial charge in [0.1, 0.15) is 0 Å². The van der Waals surface area contributed by atoms with Crippen LogP contribution in [0.2, 0.25) is 0 Å². The highest BCUT2D eigenvalue weighted by molar-refractivity contribution is 5.95. The van der Waals surface area contributed by atoms with Crippen molar-refractivity contribution >= 4 is 17.5 Å². The van der Waals surface area contributed by atoms with E-state index in [0.717, 1.165) is 42.6 Å². The lowest BCUT2D eigenvalue weighted by molar-refractivity contribution is -0.117. The molecule has 0 spiro atoms. The van der Waals surface area contributed by atoms with Crippen molar-refractivity contribution in [2.75, 3.05) is 11.4 Å². The third-order valence-electron chi connectivity index (χ3n) is 5.36. The first kappa shape index (κ1) is 16.8. The van der Waals surface area contributed by atoms with Crippen molar-refractivity contribution < 1.29 is 9.59 Å².